The number of fused-ring (bicyclic) bond motifs is 1. The number of rotatable bonds is 12. The van der Waals surface area contributed by atoms with Crippen LogP contribution in [0, 0.1) is 0 Å². The van der Waals surface area contributed by atoms with Gasteiger partial charge in [0, 0.05) is 53.1 Å². The molecular weight excluding hydrogens is 675 g/mol. The highest BCUT2D eigenvalue weighted by Gasteiger charge is 2.29. The molecule has 1 N–H and O–H groups in total. The molecule has 0 aliphatic carbocycles. The van der Waals surface area contributed by atoms with Gasteiger partial charge in [-0.25, -0.2) is 24.7 Å². The van der Waals surface area contributed by atoms with Crippen molar-refractivity contribution in [1.29, 1.82) is 0 Å². The Bertz CT molecular complexity index is 1780. The number of amides is 1. The number of nitrogens with zero attached hydrogens (tertiary/aromatic N) is 8. The molecular formula is C38H55N9O4Si. The highest BCUT2D eigenvalue weighted by atomic mass is 28.3. The van der Waals surface area contributed by atoms with Crippen LogP contribution in [0.25, 0.3) is 22.3 Å². The maximum Gasteiger partial charge on any atom is 0.410 e. The van der Waals surface area contributed by atoms with E-state index in [4.69, 9.17) is 24.2 Å². The van der Waals surface area contributed by atoms with Gasteiger partial charge in [-0.2, -0.15) is 0 Å². The summed E-state index contributed by atoms with van der Waals surface area (Å²) >= 11 is 0. The quantitative estimate of drug-likeness (QED) is 0.125. The van der Waals surface area contributed by atoms with Crippen molar-refractivity contribution in [3.63, 3.8) is 0 Å². The Kier molecular flexibility index (Phi) is 11.8. The molecule has 13 nitrogen and oxygen atoms in total. The Labute approximate surface area is 308 Å². The van der Waals surface area contributed by atoms with Crippen LogP contribution in [0.3, 0.4) is 0 Å². The van der Waals surface area contributed by atoms with E-state index >= 15 is 0 Å². The molecule has 2 aliphatic heterocycles. The van der Waals surface area contributed by atoms with E-state index in [-0.39, 0.29) is 12.1 Å². The summed E-state index contributed by atoms with van der Waals surface area (Å²) < 4.78 is 19.6. The van der Waals surface area contributed by atoms with Gasteiger partial charge in [-0.05, 0) is 70.0 Å². The van der Waals surface area contributed by atoms with Crippen molar-refractivity contribution in [3.8, 4) is 11.3 Å². The molecule has 14 heteroatoms. The van der Waals surface area contributed by atoms with Crippen molar-refractivity contribution < 1.29 is 19.0 Å². The molecule has 0 bridgehead atoms. The minimum absolute atomic E-state index is 0.0935. The average molecular weight is 730 g/mol. The lowest BCUT2D eigenvalue weighted by Gasteiger charge is -2.37. The molecule has 1 atom stereocenters. The summed E-state index contributed by atoms with van der Waals surface area (Å²) in [5.41, 5.74) is 4.20. The number of hydrogen-bond acceptors (Lipinski definition) is 11. The van der Waals surface area contributed by atoms with Gasteiger partial charge in [0.1, 0.15) is 35.9 Å². The van der Waals surface area contributed by atoms with E-state index in [1.807, 2.05) is 40.2 Å². The number of carbonyl (C=O) groups is 1. The van der Waals surface area contributed by atoms with Gasteiger partial charge in [-0.1, -0.05) is 31.8 Å². The van der Waals surface area contributed by atoms with Crippen molar-refractivity contribution in [3.05, 3.63) is 54.9 Å². The lowest BCUT2D eigenvalue weighted by atomic mass is 10.0. The Morgan fingerprint density at radius 3 is 2.44 bits per heavy atom. The summed E-state index contributed by atoms with van der Waals surface area (Å²) in [5.74, 6) is 1.69. The van der Waals surface area contributed by atoms with Gasteiger partial charge < -0.3 is 33.9 Å². The predicted molar refractivity (Wildman–Crippen MR) is 208 cm³/mol. The van der Waals surface area contributed by atoms with E-state index in [1.165, 1.54) is 0 Å². The van der Waals surface area contributed by atoms with Gasteiger partial charge in [-0.15, -0.1) is 0 Å². The van der Waals surface area contributed by atoms with Crippen LogP contribution in [0.2, 0.25) is 25.7 Å². The van der Waals surface area contributed by atoms with Crippen LogP contribution in [0.4, 0.5) is 22.0 Å². The van der Waals surface area contributed by atoms with E-state index in [9.17, 15) is 4.79 Å². The minimum Gasteiger partial charge on any atom is -0.444 e. The molecule has 0 unspecified atom stereocenters. The first-order chi connectivity index (χ1) is 24.8. The highest BCUT2D eigenvalue weighted by Crippen LogP contribution is 2.33. The highest BCUT2D eigenvalue weighted by molar-refractivity contribution is 6.76. The minimum atomic E-state index is -1.22. The lowest BCUT2D eigenvalue weighted by molar-refractivity contribution is 0.0128. The number of anilines is 3. The average Bonchev–Trinajstić information content (AvgIpc) is 3.49. The molecule has 5 heterocycles. The zero-order valence-electron chi connectivity index (χ0n) is 31.9. The van der Waals surface area contributed by atoms with Crippen LogP contribution < -0.4 is 10.2 Å². The topological polar surface area (TPSA) is 123 Å². The van der Waals surface area contributed by atoms with Gasteiger partial charge >= 0.3 is 6.09 Å². The van der Waals surface area contributed by atoms with Crippen molar-refractivity contribution in [2.75, 3.05) is 63.3 Å². The number of piperidine rings is 1. The van der Waals surface area contributed by atoms with Gasteiger partial charge in [0.05, 0.1) is 48.9 Å². The van der Waals surface area contributed by atoms with E-state index in [0.29, 0.717) is 26.5 Å². The van der Waals surface area contributed by atoms with Crippen LogP contribution in [0.1, 0.15) is 39.4 Å². The molecule has 1 amide bonds. The van der Waals surface area contributed by atoms with Gasteiger partial charge in [0.15, 0.2) is 0 Å². The maximum absolute atomic E-state index is 12.6. The molecule has 2 fully saturated rings. The van der Waals surface area contributed by atoms with Crippen molar-refractivity contribution in [2.45, 2.75) is 84.2 Å². The largest absolute Gasteiger partial charge is 0.444 e. The Balaban J connectivity index is 1.12. The molecule has 2 aliphatic rings. The van der Waals surface area contributed by atoms with Crippen molar-refractivity contribution >= 4 is 42.4 Å². The van der Waals surface area contributed by atoms with Crippen molar-refractivity contribution in [2.24, 2.45) is 0 Å². The molecule has 1 aromatic carbocycles. The number of hydrogen-bond donors (Lipinski definition) is 1. The second kappa shape index (κ2) is 16.3. The third kappa shape index (κ3) is 9.85. The molecule has 2 saturated heterocycles. The van der Waals surface area contributed by atoms with Crippen LogP contribution in [-0.4, -0.2) is 113 Å². The second-order valence-electron chi connectivity index (χ2n) is 16.1. The van der Waals surface area contributed by atoms with E-state index in [2.05, 4.69) is 79.6 Å². The normalized spacial score (nSPS) is 17.4. The third-order valence-corrected chi connectivity index (χ3v) is 11.2. The first-order valence-corrected chi connectivity index (χ1v) is 22.1. The number of aromatic nitrogens is 5. The Morgan fingerprint density at radius 1 is 1.02 bits per heavy atom. The summed E-state index contributed by atoms with van der Waals surface area (Å²) in [5, 5.41) is 4.47. The smallest absolute Gasteiger partial charge is 0.410 e. The van der Waals surface area contributed by atoms with Crippen LogP contribution >= 0.6 is 0 Å². The first kappa shape index (κ1) is 37.6. The number of carbonyl (C=O) groups excluding carboxylic acids is 1. The lowest BCUT2D eigenvalue weighted by Crippen LogP contribution is -2.49. The van der Waals surface area contributed by atoms with Gasteiger partial charge in [0.2, 0.25) is 0 Å². The summed E-state index contributed by atoms with van der Waals surface area (Å²) in [7, 11) is 0.604. The maximum atomic E-state index is 12.6. The van der Waals surface area contributed by atoms with Crippen molar-refractivity contribution in [1.82, 2.24) is 34.3 Å². The molecule has 3 aromatic heterocycles. The molecule has 0 radical (unpaired) electrons. The number of benzene rings is 1. The monoisotopic (exact) mass is 729 g/mol. The van der Waals surface area contributed by atoms with Gasteiger partial charge in [-0.3, -0.25) is 4.90 Å². The number of ether oxygens (including phenoxy) is 3. The molecule has 0 saturated carbocycles. The summed E-state index contributed by atoms with van der Waals surface area (Å²) in [4.78, 5) is 37.7. The fraction of sp³-hybridized carbons (Fsp3) is 0.553. The second-order valence-corrected chi connectivity index (χ2v) is 21.7. The van der Waals surface area contributed by atoms with Gasteiger partial charge in [0.25, 0.3) is 0 Å². The van der Waals surface area contributed by atoms with Crippen LogP contribution in [0.5, 0.6) is 0 Å². The Hall–Kier alpha value is -4.11. The zero-order chi connectivity index (χ0) is 36.9. The van der Waals surface area contributed by atoms with E-state index in [0.717, 1.165) is 97.0 Å². The molecule has 52 heavy (non-hydrogen) atoms. The zero-order valence-corrected chi connectivity index (χ0v) is 32.9. The van der Waals surface area contributed by atoms with Crippen LogP contribution in [-0.2, 0) is 27.5 Å². The summed E-state index contributed by atoms with van der Waals surface area (Å²) in [6.07, 6.45) is 6.98. The Morgan fingerprint density at radius 2 is 1.75 bits per heavy atom. The van der Waals surface area contributed by atoms with E-state index < -0.39 is 13.7 Å². The molecule has 0 spiro atoms. The summed E-state index contributed by atoms with van der Waals surface area (Å²) in [6.45, 7) is 19.2. The molecule has 4 aromatic rings. The number of likely N-dealkylation sites (N-methyl/N-ethyl adjacent to an activating group) is 1. The SMILES string of the molecule is CN(C(=O)OC(C)(C)C)[C@@H]1CCCN(Cc2ncc(Nc3ccc(-c4cc5c(N6CCOCC6)ncnc5n4COCC[Si](C)(C)C)cc3)cn2)C1. The fourth-order valence-electron chi connectivity index (χ4n) is 6.55. The molecule has 280 valence electrons. The number of nitrogens with one attached hydrogen (secondary N) is 1. The third-order valence-electron chi connectivity index (χ3n) is 9.45. The number of morpholine rings is 1. The number of likely N-dealkylation sites (tertiary alicyclic amines) is 1. The van der Waals surface area contributed by atoms with E-state index in [1.54, 1.807) is 11.2 Å². The first-order valence-electron chi connectivity index (χ1n) is 18.4. The molecule has 6 rings (SSSR count). The standard InChI is InChI=1S/C38H55N9O4Si/c1-38(2,3)51-37(48)44(4)31-9-8-14-45(24-31)25-34-39-22-30(23-40-34)43-29-12-10-28(11-13-29)33-21-32-35(46-15-17-49-18-16-46)41-26-42-36(32)47(33)27-50-19-20-52(5,6)7/h10-13,21-23,26,31,43H,8-9,14-20,24-25,27H2,1-7H3/t31-/m1/s1. The fourth-order valence-corrected chi connectivity index (χ4v) is 7.30. The predicted octanol–water partition coefficient (Wildman–Crippen LogP) is 6.61. The summed E-state index contributed by atoms with van der Waals surface area (Å²) in [6, 6.07) is 11.8. The van der Waals surface area contributed by atoms with Crippen LogP contribution in [0.15, 0.2) is 49.1 Å².